The molecule has 1 aliphatic carbocycles. The molecule has 1 aliphatic rings. The summed E-state index contributed by atoms with van der Waals surface area (Å²) in [6.07, 6.45) is 1.92. The van der Waals surface area contributed by atoms with E-state index in [1.807, 2.05) is 6.92 Å². The van der Waals surface area contributed by atoms with Crippen molar-refractivity contribution in [1.82, 2.24) is 5.32 Å². The zero-order chi connectivity index (χ0) is 17.3. The van der Waals surface area contributed by atoms with Gasteiger partial charge in [0, 0.05) is 17.3 Å². The number of benzene rings is 2. The molecule has 0 heterocycles. The molecule has 7 heteroatoms. The van der Waals surface area contributed by atoms with Crippen LogP contribution in [0.3, 0.4) is 0 Å². The van der Waals surface area contributed by atoms with E-state index in [0.717, 1.165) is 18.4 Å². The second kappa shape index (κ2) is 6.45. The maximum Gasteiger partial charge on any atom is 0.263 e. The summed E-state index contributed by atoms with van der Waals surface area (Å²) in [4.78, 5) is 12.0. The molecule has 2 aromatic carbocycles. The molecule has 1 saturated carbocycles. The molecule has 0 bridgehead atoms. The molecule has 2 N–H and O–H groups in total. The van der Waals surface area contributed by atoms with Gasteiger partial charge in [0.2, 0.25) is 0 Å². The molecule has 0 unspecified atom stereocenters. The van der Waals surface area contributed by atoms with Gasteiger partial charge in [-0.1, -0.05) is 29.3 Å². The summed E-state index contributed by atoms with van der Waals surface area (Å²) in [5.74, 6) is -0.291. The second-order valence-corrected chi connectivity index (χ2v) is 7.92. The molecule has 0 saturated heterocycles. The van der Waals surface area contributed by atoms with Gasteiger partial charge in [-0.25, -0.2) is 8.42 Å². The fraction of sp³-hybridized carbons (Fsp3) is 0.235. The molecule has 1 fully saturated rings. The topological polar surface area (TPSA) is 75.3 Å². The molecule has 2 aromatic rings. The van der Waals surface area contributed by atoms with Gasteiger partial charge >= 0.3 is 0 Å². The number of halogens is 1. The number of nitrogens with one attached hydrogen (secondary N) is 2. The average molecular weight is 365 g/mol. The molecule has 0 atom stereocenters. The van der Waals surface area contributed by atoms with Gasteiger partial charge in [-0.05, 0) is 50.1 Å². The standard InChI is InChI=1S/C17H17ClN2O3S/c1-11-2-5-14(6-3-11)20-24(22,23)16-10-12(4-9-15(16)18)17(21)19-13-7-8-13/h2-6,9-10,13,20H,7-8H2,1H3,(H,19,21). The number of carbonyl (C=O) groups excluding carboxylic acids is 1. The third kappa shape index (κ3) is 3.88. The molecular formula is C17H17ClN2O3S. The normalized spacial score (nSPS) is 14.2. The first kappa shape index (κ1) is 16.8. The first-order chi connectivity index (χ1) is 11.3. The predicted octanol–water partition coefficient (Wildman–Crippen LogP) is 3.34. The van der Waals surface area contributed by atoms with Crippen LogP contribution in [0.5, 0.6) is 0 Å². The van der Waals surface area contributed by atoms with Crippen LogP contribution >= 0.6 is 11.6 Å². The van der Waals surface area contributed by atoms with Crippen LogP contribution in [-0.4, -0.2) is 20.4 Å². The SMILES string of the molecule is Cc1ccc(NS(=O)(=O)c2cc(C(=O)NC3CC3)ccc2Cl)cc1. The Kier molecular flexibility index (Phi) is 4.51. The van der Waals surface area contributed by atoms with E-state index in [2.05, 4.69) is 10.0 Å². The molecule has 126 valence electrons. The largest absolute Gasteiger partial charge is 0.349 e. The van der Waals surface area contributed by atoms with Crippen LogP contribution < -0.4 is 10.0 Å². The Hall–Kier alpha value is -2.05. The number of sulfonamides is 1. The minimum atomic E-state index is -3.89. The van der Waals surface area contributed by atoms with E-state index in [4.69, 9.17) is 11.6 Å². The number of anilines is 1. The van der Waals surface area contributed by atoms with E-state index in [-0.39, 0.29) is 27.4 Å². The Morgan fingerprint density at radius 1 is 1.12 bits per heavy atom. The van der Waals surface area contributed by atoms with Gasteiger partial charge in [0.15, 0.2) is 0 Å². The Morgan fingerprint density at radius 3 is 2.42 bits per heavy atom. The highest BCUT2D eigenvalue weighted by Gasteiger charge is 2.25. The number of hydrogen-bond donors (Lipinski definition) is 2. The van der Waals surface area contributed by atoms with Crippen molar-refractivity contribution in [3.05, 3.63) is 58.6 Å². The number of rotatable bonds is 5. The van der Waals surface area contributed by atoms with Gasteiger partial charge in [-0.2, -0.15) is 0 Å². The summed E-state index contributed by atoms with van der Waals surface area (Å²) >= 11 is 6.04. The molecular weight excluding hydrogens is 348 g/mol. The van der Waals surface area contributed by atoms with Gasteiger partial charge in [0.1, 0.15) is 4.90 Å². The van der Waals surface area contributed by atoms with Crippen molar-refractivity contribution in [2.45, 2.75) is 30.7 Å². The lowest BCUT2D eigenvalue weighted by atomic mass is 10.2. The van der Waals surface area contributed by atoms with Crippen molar-refractivity contribution in [3.63, 3.8) is 0 Å². The molecule has 0 spiro atoms. The summed E-state index contributed by atoms with van der Waals surface area (Å²) in [6, 6.07) is 11.4. The summed E-state index contributed by atoms with van der Waals surface area (Å²) < 4.78 is 27.7. The van der Waals surface area contributed by atoms with Crippen molar-refractivity contribution in [2.24, 2.45) is 0 Å². The van der Waals surface area contributed by atoms with E-state index >= 15 is 0 Å². The highest BCUT2D eigenvalue weighted by molar-refractivity contribution is 7.92. The fourth-order valence-electron chi connectivity index (χ4n) is 2.18. The zero-order valence-electron chi connectivity index (χ0n) is 13.0. The van der Waals surface area contributed by atoms with Gasteiger partial charge in [0.25, 0.3) is 15.9 Å². The quantitative estimate of drug-likeness (QED) is 0.854. The summed E-state index contributed by atoms with van der Waals surface area (Å²) in [6.45, 7) is 1.91. The van der Waals surface area contributed by atoms with E-state index in [1.54, 1.807) is 24.3 Å². The Morgan fingerprint density at radius 2 is 1.79 bits per heavy atom. The molecule has 3 rings (SSSR count). The van der Waals surface area contributed by atoms with Crippen LogP contribution in [0, 0.1) is 6.92 Å². The smallest absolute Gasteiger partial charge is 0.263 e. The van der Waals surface area contributed by atoms with E-state index in [0.29, 0.717) is 5.69 Å². The van der Waals surface area contributed by atoms with Crippen molar-refractivity contribution in [2.75, 3.05) is 4.72 Å². The highest BCUT2D eigenvalue weighted by Crippen LogP contribution is 2.26. The second-order valence-electron chi connectivity index (χ2n) is 5.86. The Balaban J connectivity index is 1.88. The molecule has 0 aromatic heterocycles. The summed E-state index contributed by atoms with van der Waals surface area (Å²) in [7, 11) is -3.89. The average Bonchev–Trinajstić information content (AvgIpc) is 3.33. The van der Waals surface area contributed by atoms with Crippen LogP contribution in [0.25, 0.3) is 0 Å². The molecule has 24 heavy (non-hydrogen) atoms. The summed E-state index contributed by atoms with van der Waals surface area (Å²) in [5.41, 5.74) is 1.73. The van der Waals surface area contributed by atoms with Gasteiger partial charge in [-0.3, -0.25) is 9.52 Å². The van der Waals surface area contributed by atoms with Crippen LogP contribution in [0.15, 0.2) is 47.4 Å². The van der Waals surface area contributed by atoms with Gasteiger partial charge in [-0.15, -0.1) is 0 Å². The first-order valence-corrected chi connectivity index (χ1v) is 9.41. The van der Waals surface area contributed by atoms with Crippen molar-refractivity contribution >= 4 is 33.2 Å². The highest BCUT2D eigenvalue weighted by atomic mass is 35.5. The monoisotopic (exact) mass is 364 g/mol. The van der Waals surface area contributed by atoms with E-state index in [1.165, 1.54) is 18.2 Å². The van der Waals surface area contributed by atoms with Crippen LogP contribution in [0.4, 0.5) is 5.69 Å². The lowest BCUT2D eigenvalue weighted by molar-refractivity contribution is 0.0951. The molecule has 0 radical (unpaired) electrons. The van der Waals surface area contributed by atoms with Crippen molar-refractivity contribution in [1.29, 1.82) is 0 Å². The van der Waals surface area contributed by atoms with Crippen LogP contribution in [0.2, 0.25) is 5.02 Å². The molecule has 0 aliphatic heterocycles. The number of amides is 1. The maximum absolute atomic E-state index is 12.6. The minimum absolute atomic E-state index is 0.0672. The lowest BCUT2D eigenvalue weighted by Crippen LogP contribution is -2.25. The van der Waals surface area contributed by atoms with E-state index < -0.39 is 10.0 Å². The summed E-state index contributed by atoms with van der Waals surface area (Å²) in [5, 5.41) is 2.89. The Labute approximate surface area is 146 Å². The minimum Gasteiger partial charge on any atom is -0.349 e. The van der Waals surface area contributed by atoms with Gasteiger partial charge in [0.05, 0.1) is 5.02 Å². The lowest BCUT2D eigenvalue weighted by Gasteiger charge is -2.11. The molecule has 1 amide bonds. The molecule has 5 nitrogen and oxygen atoms in total. The number of aryl methyl sites for hydroxylation is 1. The van der Waals surface area contributed by atoms with E-state index in [9.17, 15) is 13.2 Å². The first-order valence-electron chi connectivity index (χ1n) is 7.55. The van der Waals surface area contributed by atoms with Crippen molar-refractivity contribution in [3.8, 4) is 0 Å². The van der Waals surface area contributed by atoms with Crippen LogP contribution in [0.1, 0.15) is 28.8 Å². The third-order valence-corrected chi connectivity index (χ3v) is 5.56. The van der Waals surface area contributed by atoms with Crippen LogP contribution in [-0.2, 0) is 10.0 Å². The number of hydrogen-bond acceptors (Lipinski definition) is 3. The van der Waals surface area contributed by atoms with Gasteiger partial charge < -0.3 is 5.32 Å². The third-order valence-electron chi connectivity index (χ3n) is 3.70. The predicted molar refractivity (Wildman–Crippen MR) is 93.9 cm³/mol. The fourth-order valence-corrected chi connectivity index (χ4v) is 3.76. The zero-order valence-corrected chi connectivity index (χ0v) is 14.6. The Bertz CT molecular complexity index is 875. The maximum atomic E-state index is 12.6. The number of carbonyl (C=O) groups is 1. The van der Waals surface area contributed by atoms with Crippen molar-refractivity contribution < 1.29 is 13.2 Å².